The first-order valence-corrected chi connectivity index (χ1v) is 8.60. The van der Waals surface area contributed by atoms with Gasteiger partial charge in [0.25, 0.3) is 15.0 Å². The lowest BCUT2D eigenvalue weighted by atomic mass is 10.1. The summed E-state index contributed by atoms with van der Waals surface area (Å²) in [5, 5.41) is 2.18. The summed E-state index contributed by atoms with van der Waals surface area (Å²) in [4.78, 5) is 11.5. The van der Waals surface area contributed by atoms with Crippen LogP contribution in [0.4, 0.5) is 4.39 Å². The van der Waals surface area contributed by atoms with Crippen LogP contribution >= 0.6 is 22.3 Å². The molecule has 0 saturated carbocycles. The van der Waals surface area contributed by atoms with Gasteiger partial charge >= 0.3 is 0 Å². The van der Waals surface area contributed by atoms with Gasteiger partial charge in [0.15, 0.2) is 0 Å². The molecule has 1 amide bonds. The van der Waals surface area contributed by atoms with Crippen LogP contribution in [0.2, 0.25) is 5.02 Å². The number of hydrogen-bond acceptors (Lipinski definition) is 3. The van der Waals surface area contributed by atoms with Crippen molar-refractivity contribution < 1.29 is 17.6 Å². The first-order chi connectivity index (χ1) is 9.16. The van der Waals surface area contributed by atoms with Crippen molar-refractivity contribution in [3.05, 3.63) is 28.5 Å². The number of rotatable bonds is 5. The van der Waals surface area contributed by atoms with Crippen LogP contribution < -0.4 is 5.32 Å². The summed E-state index contributed by atoms with van der Waals surface area (Å²) in [6.45, 7) is 3.74. The van der Waals surface area contributed by atoms with Crippen molar-refractivity contribution in [2.75, 3.05) is 0 Å². The Balaban J connectivity index is 3.17. The fourth-order valence-corrected chi connectivity index (χ4v) is 2.64. The lowest BCUT2D eigenvalue weighted by molar-refractivity contribution is 0.0938. The van der Waals surface area contributed by atoms with Gasteiger partial charge < -0.3 is 5.32 Å². The number of carbonyl (C=O) groups is 1. The van der Waals surface area contributed by atoms with E-state index in [1.54, 1.807) is 6.92 Å². The SMILES string of the molecule is CCCC(C)NC(=O)c1cc(S(=O)(=O)Cl)cc(F)c1Cl. The molecule has 4 nitrogen and oxygen atoms in total. The normalized spacial score (nSPS) is 13.1. The number of hydrogen-bond donors (Lipinski definition) is 1. The molecular weight excluding hydrogens is 328 g/mol. The van der Waals surface area contributed by atoms with Crippen LogP contribution in [-0.2, 0) is 9.05 Å². The van der Waals surface area contributed by atoms with E-state index in [4.69, 9.17) is 22.3 Å². The molecule has 0 spiro atoms. The maximum absolute atomic E-state index is 13.6. The van der Waals surface area contributed by atoms with Gasteiger partial charge in [0.1, 0.15) is 5.82 Å². The number of carbonyl (C=O) groups excluding carboxylic acids is 1. The molecule has 0 saturated heterocycles. The molecule has 1 aromatic carbocycles. The third-order valence-corrected chi connectivity index (χ3v) is 4.34. The highest BCUT2D eigenvalue weighted by atomic mass is 35.7. The van der Waals surface area contributed by atoms with Crippen LogP contribution in [-0.4, -0.2) is 20.4 Å². The van der Waals surface area contributed by atoms with Crippen LogP contribution in [0.3, 0.4) is 0 Å². The zero-order valence-corrected chi connectivity index (χ0v) is 13.2. The summed E-state index contributed by atoms with van der Waals surface area (Å²) in [7, 11) is 1.00. The van der Waals surface area contributed by atoms with Crippen molar-refractivity contribution in [2.45, 2.75) is 37.6 Å². The fraction of sp³-hybridized carbons (Fsp3) is 0.417. The van der Waals surface area contributed by atoms with Gasteiger partial charge in [0.05, 0.1) is 15.5 Å². The monoisotopic (exact) mass is 341 g/mol. The van der Waals surface area contributed by atoms with Gasteiger partial charge in [-0.05, 0) is 25.5 Å². The van der Waals surface area contributed by atoms with E-state index in [2.05, 4.69) is 5.32 Å². The number of nitrogens with one attached hydrogen (secondary N) is 1. The Morgan fingerprint density at radius 1 is 1.45 bits per heavy atom. The molecule has 0 aliphatic heterocycles. The van der Waals surface area contributed by atoms with Gasteiger partial charge in [-0.1, -0.05) is 24.9 Å². The van der Waals surface area contributed by atoms with E-state index in [0.29, 0.717) is 6.07 Å². The van der Waals surface area contributed by atoms with Crippen molar-refractivity contribution in [3.63, 3.8) is 0 Å². The highest BCUT2D eigenvalue weighted by molar-refractivity contribution is 8.13. The first kappa shape index (κ1) is 17.2. The van der Waals surface area contributed by atoms with Crippen LogP contribution in [0.1, 0.15) is 37.0 Å². The molecule has 1 N–H and O–H groups in total. The Bertz CT molecular complexity index is 619. The fourth-order valence-electron chi connectivity index (χ4n) is 1.68. The molecule has 0 aliphatic carbocycles. The molecule has 1 unspecified atom stereocenters. The van der Waals surface area contributed by atoms with Crippen LogP contribution in [0.5, 0.6) is 0 Å². The quantitative estimate of drug-likeness (QED) is 0.835. The number of halogens is 3. The average molecular weight is 342 g/mol. The zero-order valence-electron chi connectivity index (χ0n) is 10.9. The molecule has 1 atom stereocenters. The first-order valence-electron chi connectivity index (χ1n) is 5.91. The predicted octanol–water partition coefficient (Wildman–Crippen LogP) is 3.33. The van der Waals surface area contributed by atoms with Gasteiger partial charge in [-0.15, -0.1) is 0 Å². The summed E-state index contributed by atoms with van der Waals surface area (Å²) in [5.41, 5.74) is -0.256. The van der Waals surface area contributed by atoms with E-state index >= 15 is 0 Å². The molecule has 0 heterocycles. The standard InChI is InChI=1S/C12H14Cl2FNO3S/c1-3-4-7(2)16-12(17)9-5-8(20(14,18)19)6-10(15)11(9)13/h5-7H,3-4H2,1-2H3,(H,16,17). The maximum atomic E-state index is 13.6. The smallest absolute Gasteiger partial charge is 0.261 e. The van der Waals surface area contributed by atoms with Crippen LogP contribution in [0.15, 0.2) is 17.0 Å². The molecular formula is C12H14Cl2FNO3S. The van der Waals surface area contributed by atoms with Crippen molar-refractivity contribution in [1.29, 1.82) is 0 Å². The summed E-state index contributed by atoms with van der Waals surface area (Å²) < 4.78 is 36.0. The topological polar surface area (TPSA) is 63.2 Å². The molecule has 1 aromatic rings. The highest BCUT2D eigenvalue weighted by Gasteiger charge is 2.21. The molecule has 8 heteroatoms. The molecule has 112 valence electrons. The molecule has 0 radical (unpaired) electrons. The zero-order chi connectivity index (χ0) is 15.5. The van der Waals surface area contributed by atoms with Gasteiger partial charge in [-0.3, -0.25) is 4.79 Å². The average Bonchev–Trinajstić information content (AvgIpc) is 2.31. The summed E-state index contributed by atoms with van der Waals surface area (Å²) >= 11 is 5.70. The van der Waals surface area contributed by atoms with E-state index in [-0.39, 0.29) is 11.6 Å². The van der Waals surface area contributed by atoms with Crippen molar-refractivity contribution >= 4 is 37.2 Å². The Kier molecular flexibility index (Phi) is 5.79. The number of benzene rings is 1. The van der Waals surface area contributed by atoms with Crippen molar-refractivity contribution in [2.24, 2.45) is 0 Å². The molecule has 0 fully saturated rings. The van der Waals surface area contributed by atoms with Gasteiger partial charge in [-0.25, -0.2) is 12.8 Å². The Hall–Kier alpha value is -0.850. The van der Waals surface area contributed by atoms with E-state index in [0.717, 1.165) is 18.9 Å². The second-order valence-corrected chi connectivity index (χ2v) is 7.31. The van der Waals surface area contributed by atoms with Gasteiger partial charge in [0.2, 0.25) is 0 Å². The molecule has 0 bridgehead atoms. The third kappa shape index (κ3) is 4.33. The lowest BCUT2D eigenvalue weighted by Crippen LogP contribution is -2.32. The lowest BCUT2D eigenvalue weighted by Gasteiger charge is -2.14. The highest BCUT2D eigenvalue weighted by Crippen LogP contribution is 2.26. The number of amides is 1. The largest absolute Gasteiger partial charge is 0.350 e. The maximum Gasteiger partial charge on any atom is 0.261 e. The van der Waals surface area contributed by atoms with Crippen LogP contribution in [0.25, 0.3) is 0 Å². The Labute approximate surface area is 126 Å². The van der Waals surface area contributed by atoms with E-state index in [1.807, 2.05) is 6.92 Å². The summed E-state index contributed by atoms with van der Waals surface area (Å²) in [5.74, 6) is -1.65. The molecule has 1 rings (SSSR count). The predicted molar refractivity (Wildman–Crippen MR) is 76.3 cm³/mol. The van der Waals surface area contributed by atoms with E-state index < -0.39 is 30.7 Å². The molecule has 0 aromatic heterocycles. The summed E-state index contributed by atoms with van der Waals surface area (Å²) in [6.07, 6.45) is 1.60. The second kappa shape index (κ2) is 6.74. The summed E-state index contributed by atoms with van der Waals surface area (Å²) in [6, 6.07) is 1.50. The second-order valence-electron chi connectivity index (χ2n) is 4.37. The van der Waals surface area contributed by atoms with Gasteiger partial charge in [-0.2, -0.15) is 0 Å². The van der Waals surface area contributed by atoms with E-state index in [9.17, 15) is 17.6 Å². The van der Waals surface area contributed by atoms with Gasteiger partial charge in [0, 0.05) is 16.7 Å². The Morgan fingerprint density at radius 2 is 2.05 bits per heavy atom. The van der Waals surface area contributed by atoms with Crippen LogP contribution in [0, 0.1) is 5.82 Å². The minimum Gasteiger partial charge on any atom is -0.350 e. The minimum absolute atomic E-state index is 0.136. The third-order valence-electron chi connectivity index (χ3n) is 2.63. The minimum atomic E-state index is -4.14. The Morgan fingerprint density at radius 3 is 2.55 bits per heavy atom. The van der Waals surface area contributed by atoms with E-state index in [1.165, 1.54) is 0 Å². The molecule has 20 heavy (non-hydrogen) atoms. The van der Waals surface area contributed by atoms with Crippen molar-refractivity contribution in [3.8, 4) is 0 Å². The molecule has 0 aliphatic rings. The van der Waals surface area contributed by atoms with Crippen molar-refractivity contribution in [1.82, 2.24) is 5.32 Å².